The number of benzene rings is 1. The second kappa shape index (κ2) is 5.95. The minimum absolute atomic E-state index is 0.0503. The first-order valence-corrected chi connectivity index (χ1v) is 8.21. The summed E-state index contributed by atoms with van der Waals surface area (Å²) in [5, 5.41) is 15.3. The summed E-state index contributed by atoms with van der Waals surface area (Å²) in [6.45, 7) is 2.80. The first kappa shape index (κ1) is 15.4. The second-order valence-electron chi connectivity index (χ2n) is 5.52. The predicted octanol–water partition coefficient (Wildman–Crippen LogP) is 2.62. The van der Waals surface area contributed by atoms with Crippen LogP contribution in [0.15, 0.2) is 24.3 Å². The molecule has 0 radical (unpaired) electrons. The van der Waals surface area contributed by atoms with E-state index >= 15 is 0 Å². The molecule has 0 aliphatic carbocycles. The average molecular weight is 338 g/mol. The second-order valence-corrected chi connectivity index (χ2v) is 6.71. The molecule has 2 aromatic rings. The van der Waals surface area contributed by atoms with Crippen LogP contribution in [0.25, 0.3) is 0 Å². The third-order valence-electron chi connectivity index (χ3n) is 4.11. The Morgan fingerprint density at radius 1 is 1.32 bits per heavy atom. The molecular weight excluding hydrogens is 322 g/mol. The molecule has 1 fully saturated rings. The number of piperidine rings is 1. The highest BCUT2D eigenvalue weighted by Gasteiger charge is 2.36. The quantitative estimate of drug-likeness (QED) is 0.914. The van der Waals surface area contributed by atoms with Crippen molar-refractivity contribution in [1.29, 1.82) is 0 Å². The molecular formula is C15H16ClN3O2S. The number of rotatable bonds is 2. The number of likely N-dealkylation sites (tertiary alicyclic amines) is 1. The number of aromatic nitrogens is 2. The molecule has 0 atom stereocenters. The number of aryl methyl sites for hydroxylation is 1. The molecule has 7 heteroatoms. The predicted molar refractivity (Wildman–Crippen MR) is 85.1 cm³/mol. The molecule has 1 aliphatic rings. The normalized spacial score (nSPS) is 17.5. The van der Waals surface area contributed by atoms with Crippen molar-refractivity contribution in [3.8, 4) is 0 Å². The maximum absolute atomic E-state index is 12.4. The van der Waals surface area contributed by atoms with Crippen LogP contribution in [0.4, 0.5) is 0 Å². The van der Waals surface area contributed by atoms with E-state index < -0.39 is 5.60 Å². The first-order chi connectivity index (χ1) is 10.5. The average Bonchev–Trinajstić information content (AvgIpc) is 2.94. The number of hydrogen-bond donors (Lipinski definition) is 1. The summed E-state index contributed by atoms with van der Waals surface area (Å²) >= 11 is 7.01. The third-order valence-corrected chi connectivity index (χ3v) is 5.17. The number of carbonyl (C=O) groups is 1. The van der Waals surface area contributed by atoms with Crippen molar-refractivity contribution in [1.82, 2.24) is 14.5 Å². The van der Waals surface area contributed by atoms with Gasteiger partial charge in [0.15, 0.2) is 0 Å². The highest BCUT2D eigenvalue weighted by atomic mass is 35.5. The Morgan fingerprint density at radius 3 is 2.50 bits per heavy atom. The fourth-order valence-electron chi connectivity index (χ4n) is 2.70. The van der Waals surface area contributed by atoms with Crippen LogP contribution in [-0.4, -0.2) is 38.6 Å². The minimum Gasteiger partial charge on any atom is -0.385 e. The van der Waals surface area contributed by atoms with Crippen LogP contribution in [0.3, 0.4) is 0 Å². The first-order valence-electron chi connectivity index (χ1n) is 7.06. The van der Waals surface area contributed by atoms with E-state index in [0.717, 1.165) is 17.1 Å². The van der Waals surface area contributed by atoms with Gasteiger partial charge in [0.05, 0.1) is 11.3 Å². The molecule has 2 heterocycles. The smallest absolute Gasteiger partial charge is 0.267 e. The Morgan fingerprint density at radius 2 is 1.95 bits per heavy atom. The number of nitrogens with zero attached hydrogens (tertiary/aromatic N) is 3. The summed E-state index contributed by atoms with van der Waals surface area (Å²) < 4.78 is 3.80. The van der Waals surface area contributed by atoms with Crippen molar-refractivity contribution < 1.29 is 9.90 Å². The van der Waals surface area contributed by atoms with Crippen LogP contribution in [0, 0.1) is 6.92 Å². The number of carbonyl (C=O) groups excluding carboxylic acids is 1. The standard InChI is InChI=1S/C15H16ClN3O2S/c1-10-13(22-18-17-10)14(20)19-8-6-15(21,7-9-19)11-2-4-12(16)5-3-11/h2-5,21H,6-9H2,1H3. The zero-order valence-electron chi connectivity index (χ0n) is 12.1. The van der Waals surface area contributed by atoms with Gasteiger partial charge in [-0.05, 0) is 49.0 Å². The molecule has 1 aliphatic heterocycles. The van der Waals surface area contributed by atoms with E-state index in [9.17, 15) is 9.90 Å². The molecule has 1 amide bonds. The Balaban J connectivity index is 1.71. The number of halogens is 1. The molecule has 1 aromatic heterocycles. The van der Waals surface area contributed by atoms with E-state index in [2.05, 4.69) is 9.59 Å². The van der Waals surface area contributed by atoms with Crippen molar-refractivity contribution in [2.45, 2.75) is 25.4 Å². The molecule has 0 saturated carbocycles. The molecule has 5 nitrogen and oxygen atoms in total. The summed E-state index contributed by atoms with van der Waals surface area (Å²) in [7, 11) is 0. The Hall–Kier alpha value is -1.50. The van der Waals surface area contributed by atoms with Crippen molar-refractivity contribution in [2.75, 3.05) is 13.1 Å². The van der Waals surface area contributed by atoms with Gasteiger partial charge in [0, 0.05) is 18.1 Å². The van der Waals surface area contributed by atoms with E-state index in [1.54, 1.807) is 24.0 Å². The molecule has 1 N–H and O–H groups in total. The van der Waals surface area contributed by atoms with Gasteiger partial charge < -0.3 is 10.0 Å². The zero-order chi connectivity index (χ0) is 15.7. The zero-order valence-corrected chi connectivity index (χ0v) is 13.7. The van der Waals surface area contributed by atoms with Gasteiger partial charge in [-0.1, -0.05) is 28.2 Å². The molecule has 0 unspecified atom stereocenters. The summed E-state index contributed by atoms with van der Waals surface area (Å²) in [5.74, 6) is -0.0503. The highest BCUT2D eigenvalue weighted by Crippen LogP contribution is 2.34. The fraction of sp³-hybridized carbons (Fsp3) is 0.400. The molecule has 3 rings (SSSR count). The monoisotopic (exact) mass is 337 g/mol. The summed E-state index contributed by atoms with van der Waals surface area (Å²) in [6, 6.07) is 7.24. The van der Waals surface area contributed by atoms with Crippen molar-refractivity contribution in [2.24, 2.45) is 0 Å². The lowest BCUT2D eigenvalue weighted by Crippen LogP contribution is -2.45. The third kappa shape index (κ3) is 2.86. The SMILES string of the molecule is Cc1nnsc1C(=O)N1CCC(O)(c2ccc(Cl)cc2)CC1. The Labute approximate surface area is 137 Å². The minimum atomic E-state index is -0.900. The lowest BCUT2D eigenvalue weighted by molar-refractivity contribution is -0.0210. The van der Waals surface area contributed by atoms with Crippen LogP contribution in [0.1, 0.15) is 33.8 Å². The van der Waals surface area contributed by atoms with Crippen LogP contribution >= 0.6 is 23.1 Å². The van der Waals surface area contributed by atoms with Gasteiger partial charge in [0.2, 0.25) is 0 Å². The largest absolute Gasteiger partial charge is 0.385 e. The van der Waals surface area contributed by atoms with Gasteiger partial charge >= 0.3 is 0 Å². The lowest BCUT2D eigenvalue weighted by Gasteiger charge is -2.38. The van der Waals surface area contributed by atoms with Crippen LogP contribution in [-0.2, 0) is 5.60 Å². The molecule has 116 valence electrons. The van der Waals surface area contributed by atoms with E-state index in [-0.39, 0.29) is 5.91 Å². The Bertz CT molecular complexity index is 678. The molecule has 1 saturated heterocycles. The Kier molecular flexibility index (Phi) is 4.16. The maximum Gasteiger partial charge on any atom is 0.267 e. The van der Waals surface area contributed by atoms with Gasteiger partial charge in [-0.2, -0.15) is 0 Å². The topological polar surface area (TPSA) is 66.3 Å². The van der Waals surface area contributed by atoms with Crippen molar-refractivity contribution in [3.05, 3.63) is 45.4 Å². The van der Waals surface area contributed by atoms with Crippen LogP contribution < -0.4 is 0 Å². The van der Waals surface area contributed by atoms with Crippen LogP contribution in [0.5, 0.6) is 0 Å². The molecule has 1 aromatic carbocycles. The summed E-state index contributed by atoms with van der Waals surface area (Å²) in [5.41, 5.74) is 0.607. The number of hydrogen-bond acceptors (Lipinski definition) is 5. The van der Waals surface area contributed by atoms with Gasteiger partial charge in [-0.25, -0.2) is 0 Å². The number of aliphatic hydroxyl groups is 1. The van der Waals surface area contributed by atoms with Crippen molar-refractivity contribution >= 4 is 29.0 Å². The lowest BCUT2D eigenvalue weighted by atomic mass is 9.84. The van der Waals surface area contributed by atoms with Gasteiger partial charge in [-0.15, -0.1) is 5.10 Å². The fourth-order valence-corrected chi connectivity index (χ4v) is 3.45. The molecule has 22 heavy (non-hydrogen) atoms. The summed E-state index contributed by atoms with van der Waals surface area (Å²) in [4.78, 5) is 14.8. The number of amides is 1. The summed E-state index contributed by atoms with van der Waals surface area (Å²) in [6.07, 6.45) is 1.01. The van der Waals surface area contributed by atoms with E-state index in [0.29, 0.717) is 41.5 Å². The van der Waals surface area contributed by atoms with Gasteiger partial charge in [-0.3, -0.25) is 4.79 Å². The maximum atomic E-state index is 12.4. The van der Waals surface area contributed by atoms with E-state index in [4.69, 9.17) is 11.6 Å². The van der Waals surface area contributed by atoms with Gasteiger partial charge in [0.1, 0.15) is 4.88 Å². The molecule has 0 bridgehead atoms. The van der Waals surface area contributed by atoms with Crippen LogP contribution in [0.2, 0.25) is 5.02 Å². The van der Waals surface area contributed by atoms with E-state index in [1.165, 1.54) is 0 Å². The van der Waals surface area contributed by atoms with Crippen molar-refractivity contribution in [3.63, 3.8) is 0 Å². The highest BCUT2D eigenvalue weighted by molar-refractivity contribution is 7.07. The van der Waals surface area contributed by atoms with E-state index in [1.807, 2.05) is 12.1 Å². The van der Waals surface area contributed by atoms with Gasteiger partial charge in [0.25, 0.3) is 5.91 Å². The molecule has 0 spiro atoms.